The van der Waals surface area contributed by atoms with E-state index in [0.29, 0.717) is 10.7 Å². The quantitative estimate of drug-likeness (QED) is 0.793. The molecule has 22 heavy (non-hydrogen) atoms. The minimum atomic E-state index is -0.328. The molecule has 6 heteroatoms. The Labute approximate surface area is 135 Å². The first-order valence-corrected chi connectivity index (χ1v) is 8.06. The molecule has 0 bridgehead atoms. The maximum atomic E-state index is 12.7. The van der Waals surface area contributed by atoms with Gasteiger partial charge in [0.2, 0.25) is 5.91 Å². The summed E-state index contributed by atoms with van der Waals surface area (Å²) in [6.45, 7) is 6.74. The van der Waals surface area contributed by atoms with Crippen LogP contribution >= 0.6 is 11.6 Å². The van der Waals surface area contributed by atoms with E-state index in [2.05, 4.69) is 16.7 Å². The summed E-state index contributed by atoms with van der Waals surface area (Å²) in [5.41, 5.74) is 0.567. The lowest BCUT2D eigenvalue weighted by atomic mass is 10.1. The average molecular weight is 322 g/mol. The predicted octanol–water partition coefficient (Wildman–Crippen LogP) is 1.61. The molecule has 0 aliphatic carbocycles. The predicted molar refractivity (Wildman–Crippen MR) is 86.0 cm³/mol. The van der Waals surface area contributed by atoms with Gasteiger partial charge in [-0.05, 0) is 24.7 Å². The van der Waals surface area contributed by atoms with Gasteiger partial charge >= 0.3 is 0 Å². The summed E-state index contributed by atoms with van der Waals surface area (Å²) in [6, 6.07) is 6.57. The highest BCUT2D eigenvalue weighted by atomic mass is 35.5. The molecule has 0 saturated carbocycles. The second-order valence-electron chi connectivity index (χ2n) is 5.74. The Balaban J connectivity index is 1.75. The molecule has 1 aromatic rings. The molecule has 2 amide bonds. The first kappa shape index (κ1) is 15.5. The molecule has 0 N–H and O–H groups in total. The van der Waals surface area contributed by atoms with Crippen LogP contribution in [0.15, 0.2) is 24.3 Å². The third-order valence-electron chi connectivity index (χ3n) is 4.48. The summed E-state index contributed by atoms with van der Waals surface area (Å²) >= 11 is 5.97. The summed E-state index contributed by atoms with van der Waals surface area (Å²) in [6.07, 6.45) is 0.261. The number of carbonyl (C=O) groups excluding carboxylic acids is 2. The fourth-order valence-corrected chi connectivity index (χ4v) is 3.36. The highest BCUT2D eigenvalue weighted by Crippen LogP contribution is 2.28. The van der Waals surface area contributed by atoms with Crippen molar-refractivity contribution < 1.29 is 9.59 Å². The Morgan fingerprint density at radius 3 is 2.55 bits per heavy atom. The van der Waals surface area contributed by atoms with E-state index < -0.39 is 0 Å². The van der Waals surface area contributed by atoms with E-state index in [1.54, 1.807) is 24.3 Å². The van der Waals surface area contributed by atoms with E-state index in [1.165, 1.54) is 4.90 Å². The van der Waals surface area contributed by atoms with Crippen LogP contribution < -0.4 is 4.90 Å². The van der Waals surface area contributed by atoms with Gasteiger partial charge in [0.05, 0.1) is 18.2 Å². The molecular weight excluding hydrogens is 302 g/mol. The van der Waals surface area contributed by atoms with E-state index in [4.69, 9.17) is 11.6 Å². The maximum Gasteiger partial charge on any atom is 0.251 e. The molecule has 0 unspecified atom stereocenters. The van der Waals surface area contributed by atoms with E-state index in [9.17, 15) is 9.59 Å². The molecular formula is C16H20ClN3O2. The van der Waals surface area contributed by atoms with Gasteiger partial charge in [-0.1, -0.05) is 24.6 Å². The number of hydrogen-bond acceptors (Lipinski definition) is 4. The Morgan fingerprint density at radius 1 is 1.18 bits per heavy atom. The summed E-state index contributed by atoms with van der Waals surface area (Å²) in [5, 5.41) is 0.526. The minimum Gasteiger partial charge on any atom is -0.301 e. The highest BCUT2D eigenvalue weighted by Gasteiger charge is 2.43. The van der Waals surface area contributed by atoms with Gasteiger partial charge in [0.25, 0.3) is 5.91 Å². The van der Waals surface area contributed by atoms with Crippen LogP contribution in [0.1, 0.15) is 13.3 Å². The van der Waals surface area contributed by atoms with Gasteiger partial charge in [0.1, 0.15) is 0 Å². The third-order valence-corrected chi connectivity index (χ3v) is 4.72. The smallest absolute Gasteiger partial charge is 0.251 e. The van der Waals surface area contributed by atoms with Gasteiger partial charge in [0.15, 0.2) is 0 Å². The summed E-state index contributed by atoms with van der Waals surface area (Å²) < 4.78 is 0. The number of halogens is 1. The maximum absolute atomic E-state index is 12.7. The molecule has 0 aromatic heterocycles. The number of imide groups is 1. The Hall–Kier alpha value is -1.43. The number of piperazine rings is 1. The summed E-state index contributed by atoms with van der Waals surface area (Å²) in [5.74, 6) is -0.271. The van der Waals surface area contributed by atoms with Gasteiger partial charge in [-0.15, -0.1) is 0 Å². The normalized spacial score (nSPS) is 24.3. The number of anilines is 1. The van der Waals surface area contributed by atoms with Crippen LogP contribution in [0.2, 0.25) is 5.02 Å². The molecule has 5 nitrogen and oxygen atoms in total. The zero-order valence-corrected chi connectivity index (χ0v) is 13.4. The molecule has 2 saturated heterocycles. The number of hydrogen-bond donors (Lipinski definition) is 0. The standard InChI is InChI=1S/C16H20ClN3O2/c1-2-18-6-8-19(9-7-18)14-11-15(21)20(16(14)22)13-5-3-4-12(17)10-13/h3-5,10,14H,2,6-9,11H2,1H3/t14-/m1/s1. The molecule has 0 radical (unpaired) electrons. The van der Waals surface area contributed by atoms with Crippen LogP contribution in [-0.2, 0) is 9.59 Å². The van der Waals surface area contributed by atoms with Crippen LogP contribution in [0.25, 0.3) is 0 Å². The molecule has 1 aromatic carbocycles. The zero-order valence-electron chi connectivity index (χ0n) is 12.7. The van der Waals surface area contributed by atoms with E-state index in [0.717, 1.165) is 32.7 Å². The molecule has 2 heterocycles. The number of carbonyl (C=O) groups is 2. The lowest BCUT2D eigenvalue weighted by molar-refractivity contribution is -0.123. The Morgan fingerprint density at radius 2 is 1.91 bits per heavy atom. The third kappa shape index (κ3) is 2.89. The van der Waals surface area contributed by atoms with Crippen molar-refractivity contribution in [1.29, 1.82) is 0 Å². The first-order chi connectivity index (χ1) is 10.6. The molecule has 118 valence electrons. The minimum absolute atomic E-state index is 0.128. The average Bonchev–Trinajstić information content (AvgIpc) is 2.82. The zero-order chi connectivity index (χ0) is 15.7. The van der Waals surface area contributed by atoms with Crippen molar-refractivity contribution in [2.24, 2.45) is 0 Å². The van der Waals surface area contributed by atoms with Gasteiger partial charge in [-0.2, -0.15) is 0 Å². The van der Waals surface area contributed by atoms with Crippen molar-refractivity contribution >= 4 is 29.1 Å². The van der Waals surface area contributed by atoms with Crippen molar-refractivity contribution in [3.63, 3.8) is 0 Å². The molecule has 2 aliphatic heterocycles. The number of amides is 2. The molecule has 1 atom stereocenters. The number of nitrogens with zero attached hydrogens (tertiary/aromatic N) is 3. The van der Waals surface area contributed by atoms with E-state index >= 15 is 0 Å². The SMILES string of the molecule is CCN1CCN([C@@H]2CC(=O)N(c3cccc(Cl)c3)C2=O)CC1. The monoisotopic (exact) mass is 321 g/mol. The lowest BCUT2D eigenvalue weighted by Gasteiger charge is -2.36. The fraction of sp³-hybridized carbons (Fsp3) is 0.500. The molecule has 2 fully saturated rings. The second-order valence-corrected chi connectivity index (χ2v) is 6.17. The van der Waals surface area contributed by atoms with Gasteiger partial charge in [-0.3, -0.25) is 14.5 Å². The molecule has 2 aliphatic rings. The topological polar surface area (TPSA) is 43.9 Å². The van der Waals surface area contributed by atoms with Gasteiger partial charge in [-0.25, -0.2) is 4.90 Å². The van der Waals surface area contributed by atoms with E-state index in [-0.39, 0.29) is 24.3 Å². The number of rotatable bonds is 3. The highest BCUT2D eigenvalue weighted by molar-refractivity contribution is 6.31. The van der Waals surface area contributed by atoms with Crippen molar-refractivity contribution in [3.8, 4) is 0 Å². The summed E-state index contributed by atoms with van der Waals surface area (Å²) in [7, 11) is 0. The molecule has 3 rings (SSSR count). The second kappa shape index (κ2) is 6.36. The van der Waals surface area contributed by atoms with Crippen molar-refractivity contribution in [2.75, 3.05) is 37.6 Å². The van der Waals surface area contributed by atoms with Crippen LogP contribution in [0.3, 0.4) is 0 Å². The largest absolute Gasteiger partial charge is 0.301 e. The first-order valence-electron chi connectivity index (χ1n) is 7.69. The van der Waals surface area contributed by atoms with Crippen molar-refractivity contribution in [3.05, 3.63) is 29.3 Å². The summed E-state index contributed by atoms with van der Waals surface area (Å²) in [4.78, 5) is 30.7. The van der Waals surface area contributed by atoms with E-state index in [1.807, 2.05) is 0 Å². The lowest BCUT2D eigenvalue weighted by Crippen LogP contribution is -2.52. The fourth-order valence-electron chi connectivity index (χ4n) is 3.18. The van der Waals surface area contributed by atoms with Crippen LogP contribution in [0.4, 0.5) is 5.69 Å². The Kier molecular flexibility index (Phi) is 4.47. The van der Waals surface area contributed by atoms with Crippen molar-refractivity contribution in [1.82, 2.24) is 9.80 Å². The van der Waals surface area contributed by atoms with Crippen LogP contribution in [0, 0.1) is 0 Å². The number of benzene rings is 1. The van der Waals surface area contributed by atoms with Gasteiger partial charge < -0.3 is 4.90 Å². The van der Waals surface area contributed by atoms with Crippen molar-refractivity contribution in [2.45, 2.75) is 19.4 Å². The van der Waals surface area contributed by atoms with Crippen LogP contribution in [0.5, 0.6) is 0 Å². The number of likely N-dealkylation sites (N-methyl/N-ethyl adjacent to an activating group) is 1. The van der Waals surface area contributed by atoms with Gasteiger partial charge in [0, 0.05) is 31.2 Å². The van der Waals surface area contributed by atoms with Crippen LogP contribution in [-0.4, -0.2) is 60.4 Å². The molecule has 0 spiro atoms. The Bertz CT molecular complexity index is 585.